The third-order valence-corrected chi connectivity index (χ3v) is 3.31. The van der Waals surface area contributed by atoms with Crippen LogP contribution in [0.3, 0.4) is 0 Å². The van der Waals surface area contributed by atoms with Gasteiger partial charge in [0, 0.05) is 6.54 Å². The lowest BCUT2D eigenvalue weighted by atomic mass is 10.1. The van der Waals surface area contributed by atoms with Crippen molar-refractivity contribution < 1.29 is 4.79 Å². The Balaban J connectivity index is 2.19. The number of nitrogens with zero attached hydrogens (tertiary/aromatic N) is 1. The molecule has 2 atom stereocenters. The molecule has 1 amide bonds. The van der Waals surface area contributed by atoms with Gasteiger partial charge >= 0.3 is 0 Å². The predicted molar refractivity (Wildman–Crippen MR) is 57.8 cm³/mol. The minimum atomic E-state index is -0.129. The molecule has 1 aliphatic rings. The minimum absolute atomic E-state index is 0.104. The van der Waals surface area contributed by atoms with E-state index in [-0.39, 0.29) is 11.8 Å². The van der Waals surface area contributed by atoms with Gasteiger partial charge in [-0.2, -0.15) is 0 Å². The Labute approximate surface area is 86.6 Å². The second-order valence-corrected chi connectivity index (χ2v) is 4.49. The van der Waals surface area contributed by atoms with E-state index in [9.17, 15) is 4.79 Å². The first-order valence-corrected chi connectivity index (χ1v) is 5.65. The van der Waals surface area contributed by atoms with Crippen LogP contribution in [0.4, 0.5) is 0 Å². The summed E-state index contributed by atoms with van der Waals surface area (Å²) in [6.45, 7) is 7.55. The summed E-state index contributed by atoms with van der Waals surface area (Å²) in [5.41, 5.74) is 5.28. The lowest BCUT2D eigenvalue weighted by Crippen LogP contribution is -2.28. The topological polar surface area (TPSA) is 46.3 Å². The molecule has 14 heavy (non-hydrogen) atoms. The lowest BCUT2D eigenvalue weighted by Gasteiger charge is -2.17. The first kappa shape index (κ1) is 11.5. The van der Waals surface area contributed by atoms with E-state index in [1.54, 1.807) is 0 Å². The number of carbonyl (C=O) groups is 1. The van der Waals surface area contributed by atoms with Crippen LogP contribution in [0.15, 0.2) is 0 Å². The highest BCUT2D eigenvalue weighted by atomic mass is 16.1. The second kappa shape index (κ2) is 5.35. The van der Waals surface area contributed by atoms with Crippen molar-refractivity contribution in [2.75, 3.05) is 19.6 Å². The lowest BCUT2D eigenvalue weighted by molar-refractivity contribution is -0.121. The molecule has 1 unspecified atom stereocenters. The number of rotatable bonds is 5. The van der Waals surface area contributed by atoms with Crippen LogP contribution in [0.2, 0.25) is 0 Å². The SMILES string of the molecule is CCC(C)CCN1CC[C@H](C(N)=O)C1. The van der Waals surface area contributed by atoms with E-state index >= 15 is 0 Å². The van der Waals surface area contributed by atoms with E-state index in [2.05, 4.69) is 18.7 Å². The van der Waals surface area contributed by atoms with E-state index in [1.807, 2.05) is 0 Å². The van der Waals surface area contributed by atoms with Gasteiger partial charge in [0.25, 0.3) is 0 Å². The zero-order chi connectivity index (χ0) is 10.6. The van der Waals surface area contributed by atoms with Crippen molar-refractivity contribution in [3.63, 3.8) is 0 Å². The molecule has 0 aromatic carbocycles. The zero-order valence-electron chi connectivity index (χ0n) is 9.33. The van der Waals surface area contributed by atoms with Crippen LogP contribution in [-0.2, 0) is 4.79 Å². The molecule has 82 valence electrons. The summed E-state index contributed by atoms with van der Waals surface area (Å²) in [6.07, 6.45) is 3.44. The van der Waals surface area contributed by atoms with Gasteiger partial charge in [-0.05, 0) is 31.8 Å². The summed E-state index contributed by atoms with van der Waals surface area (Å²) < 4.78 is 0. The van der Waals surface area contributed by atoms with Crippen LogP contribution in [0.25, 0.3) is 0 Å². The Morgan fingerprint density at radius 3 is 2.86 bits per heavy atom. The Hall–Kier alpha value is -0.570. The van der Waals surface area contributed by atoms with E-state index in [0.29, 0.717) is 0 Å². The number of likely N-dealkylation sites (tertiary alicyclic amines) is 1. The summed E-state index contributed by atoms with van der Waals surface area (Å²) in [7, 11) is 0. The highest BCUT2D eigenvalue weighted by molar-refractivity contribution is 5.77. The average Bonchev–Trinajstić information content (AvgIpc) is 2.62. The molecule has 1 fully saturated rings. The first-order valence-electron chi connectivity index (χ1n) is 5.65. The molecule has 0 spiro atoms. The van der Waals surface area contributed by atoms with Crippen molar-refractivity contribution in [2.45, 2.75) is 33.1 Å². The maximum atomic E-state index is 10.9. The van der Waals surface area contributed by atoms with E-state index in [0.717, 1.165) is 32.0 Å². The molecule has 1 aliphatic heterocycles. The molecule has 0 bridgehead atoms. The van der Waals surface area contributed by atoms with Crippen molar-refractivity contribution in [2.24, 2.45) is 17.6 Å². The minimum Gasteiger partial charge on any atom is -0.369 e. The van der Waals surface area contributed by atoms with Gasteiger partial charge in [-0.25, -0.2) is 0 Å². The number of nitrogens with two attached hydrogens (primary N) is 1. The molecular formula is C11H22N2O. The third-order valence-electron chi connectivity index (χ3n) is 3.31. The number of carbonyl (C=O) groups excluding carboxylic acids is 1. The van der Waals surface area contributed by atoms with Gasteiger partial charge in [0.1, 0.15) is 0 Å². The van der Waals surface area contributed by atoms with Crippen molar-refractivity contribution >= 4 is 5.91 Å². The van der Waals surface area contributed by atoms with Crippen molar-refractivity contribution in [3.8, 4) is 0 Å². The molecule has 2 N–H and O–H groups in total. The molecule has 0 saturated carbocycles. The standard InChI is InChI=1S/C11H22N2O/c1-3-9(2)4-6-13-7-5-10(8-13)11(12)14/h9-10H,3-8H2,1-2H3,(H2,12,14)/t9?,10-/m0/s1. The summed E-state index contributed by atoms with van der Waals surface area (Å²) in [4.78, 5) is 13.3. The molecule has 0 radical (unpaired) electrons. The number of amides is 1. The Bertz CT molecular complexity index is 194. The fourth-order valence-electron chi connectivity index (χ4n) is 1.88. The number of primary amides is 1. The molecule has 0 aromatic rings. The summed E-state index contributed by atoms with van der Waals surface area (Å²) in [6, 6.07) is 0. The van der Waals surface area contributed by atoms with Crippen LogP contribution in [-0.4, -0.2) is 30.4 Å². The van der Waals surface area contributed by atoms with Gasteiger partial charge in [0.2, 0.25) is 5.91 Å². The highest BCUT2D eigenvalue weighted by Gasteiger charge is 2.26. The summed E-state index contributed by atoms with van der Waals surface area (Å²) in [5.74, 6) is 0.769. The van der Waals surface area contributed by atoms with Crippen LogP contribution in [0.1, 0.15) is 33.1 Å². The first-order chi connectivity index (χ1) is 6.63. The molecule has 1 heterocycles. The molecule has 0 aromatic heterocycles. The fourth-order valence-corrected chi connectivity index (χ4v) is 1.88. The maximum Gasteiger partial charge on any atom is 0.221 e. The van der Waals surface area contributed by atoms with Gasteiger partial charge in [0.05, 0.1) is 5.92 Å². The largest absolute Gasteiger partial charge is 0.369 e. The number of hydrogen-bond donors (Lipinski definition) is 1. The molecule has 3 nitrogen and oxygen atoms in total. The maximum absolute atomic E-state index is 10.9. The van der Waals surface area contributed by atoms with Gasteiger partial charge in [0.15, 0.2) is 0 Å². The third kappa shape index (κ3) is 3.29. The van der Waals surface area contributed by atoms with Crippen LogP contribution in [0, 0.1) is 11.8 Å². The zero-order valence-corrected chi connectivity index (χ0v) is 9.33. The van der Waals surface area contributed by atoms with Crippen molar-refractivity contribution in [3.05, 3.63) is 0 Å². The monoisotopic (exact) mass is 198 g/mol. The Morgan fingerprint density at radius 2 is 2.36 bits per heavy atom. The van der Waals surface area contributed by atoms with Crippen molar-refractivity contribution in [1.29, 1.82) is 0 Å². The molecule has 1 saturated heterocycles. The normalized spacial score (nSPS) is 25.1. The quantitative estimate of drug-likeness (QED) is 0.722. The van der Waals surface area contributed by atoms with Crippen molar-refractivity contribution in [1.82, 2.24) is 4.90 Å². The summed E-state index contributed by atoms with van der Waals surface area (Å²) >= 11 is 0. The van der Waals surface area contributed by atoms with E-state index in [4.69, 9.17) is 5.73 Å². The van der Waals surface area contributed by atoms with Gasteiger partial charge in [-0.3, -0.25) is 4.79 Å². The van der Waals surface area contributed by atoms with Gasteiger partial charge in [-0.15, -0.1) is 0 Å². The summed E-state index contributed by atoms with van der Waals surface area (Å²) in [5, 5.41) is 0. The Morgan fingerprint density at radius 1 is 1.64 bits per heavy atom. The Kier molecular flexibility index (Phi) is 4.39. The number of hydrogen-bond acceptors (Lipinski definition) is 2. The van der Waals surface area contributed by atoms with E-state index < -0.39 is 0 Å². The van der Waals surface area contributed by atoms with Gasteiger partial charge in [-0.1, -0.05) is 20.3 Å². The van der Waals surface area contributed by atoms with E-state index in [1.165, 1.54) is 12.8 Å². The van der Waals surface area contributed by atoms with Crippen LogP contribution < -0.4 is 5.73 Å². The smallest absolute Gasteiger partial charge is 0.221 e. The van der Waals surface area contributed by atoms with Gasteiger partial charge < -0.3 is 10.6 Å². The molecule has 3 heteroatoms. The fraction of sp³-hybridized carbons (Fsp3) is 0.909. The molecule has 1 rings (SSSR count). The van der Waals surface area contributed by atoms with Crippen LogP contribution >= 0.6 is 0 Å². The second-order valence-electron chi connectivity index (χ2n) is 4.49. The highest BCUT2D eigenvalue weighted by Crippen LogP contribution is 2.17. The molecular weight excluding hydrogens is 176 g/mol. The predicted octanol–water partition coefficient (Wildman–Crippen LogP) is 1.23. The average molecular weight is 198 g/mol. The molecule has 0 aliphatic carbocycles. The van der Waals surface area contributed by atoms with Crippen LogP contribution in [0.5, 0.6) is 0 Å².